The van der Waals surface area contributed by atoms with Crippen molar-refractivity contribution >= 4 is 28.1 Å². The number of fused-ring (bicyclic) bond motifs is 1. The number of carbonyl (C=O) groups is 1. The Balaban J connectivity index is 1.39. The third-order valence-corrected chi connectivity index (χ3v) is 5.60. The number of amides is 1. The summed E-state index contributed by atoms with van der Waals surface area (Å²) in [7, 11) is 0. The van der Waals surface area contributed by atoms with Crippen LogP contribution in [0.25, 0.3) is 10.9 Å². The summed E-state index contributed by atoms with van der Waals surface area (Å²) < 4.78 is 1.93. The number of aryl methyl sites for hydroxylation is 1. The normalized spacial score (nSPS) is 18.2. The molecule has 3 heterocycles. The van der Waals surface area contributed by atoms with Crippen molar-refractivity contribution in [2.24, 2.45) is 0 Å². The molecule has 0 saturated carbocycles. The van der Waals surface area contributed by atoms with Crippen LogP contribution < -0.4 is 0 Å². The highest BCUT2D eigenvalue weighted by Crippen LogP contribution is 2.28. The molecule has 124 valence electrons. The number of thiazole rings is 1. The Labute approximate surface area is 144 Å². The van der Waals surface area contributed by atoms with E-state index in [9.17, 15) is 4.79 Å². The summed E-state index contributed by atoms with van der Waals surface area (Å²) in [5, 5.41) is 8.69. The molecule has 0 bridgehead atoms. The summed E-state index contributed by atoms with van der Waals surface area (Å²) in [6, 6.07) is 8.10. The summed E-state index contributed by atoms with van der Waals surface area (Å²) in [5.41, 5.74) is 1.09. The molecule has 2 aromatic heterocycles. The summed E-state index contributed by atoms with van der Waals surface area (Å²) in [6.45, 7) is 2.29. The largest absolute Gasteiger partial charge is 0.342 e. The van der Waals surface area contributed by atoms with Crippen molar-refractivity contribution in [3.8, 4) is 0 Å². The van der Waals surface area contributed by atoms with Crippen LogP contribution in [0.1, 0.15) is 30.2 Å². The Kier molecular flexibility index (Phi) is 4.30. The van der Waals surface area contributed by atoms with Crippen LogP contribution in [0, 0.1) is 0 Å². The molecular weight excluding hydrogens is 320 g/mol. The highest BCUT2D eigenvalue weighted by atomic mass is 32.1. The molecule has 1 amide bonds. The number of hydrogen-bond acceptors (Lipinski definition) is 4. The molecule has 1 atom stereocenters. The van der Waals surface area contributed by atoms with E-state index < -0.39 is 0 Å². The summed E-state index contributed by atoms with van der Waals surface area (Å²) in [6.07, 6.45) is 6.39. The molecule has 0 unspecified atom stereocenters. The summed E-state index contributed by atoms with van der Waals surface area (Å²) in [4.78, 5) is 19.0. The maximum absolute atomic E-state index is 12.6. The van der Waals surface area contributed by atoms with Crippen LogP contribution in [0.4, 0.5) is 0 Å². The van der Waals surface area contributed by atoms with Crippen molar-refractivity contribution < 1.29 is 4.79 Å². The van der Waals surface area contributed by atoms with E-state index in [4.69, 9.17) is 0 Å². The molecule has 1 saturated heterocycles. The van der Waals surface area contributed by atoms with Crippen molar-refractivity contribution in [1.82, 2.24) is 19.7 Å². The van der Waals surface area contributed by atoms with Crippen LogP contribution in [0.5, 0.6) is 0 Å². The predicted molar refractivity (Wildman–Crippen MR) is 95.0 cm³/mol. The molecule has 1 fully saturated rings. The summed E-state index contributed by atoms with van der Waals surface area (Å²) in [5.74, 6) is 0.615. The van der Waals surface area contributed by atoms with Gasteiger partial charge in [-0.15, -0.1) is 11.3 Å². The van der Waals surface area contributed by atoms with Crippen LogP contribution in [0.2, 0.25) is 0 Å². The second-order valence-corrected chi connectivity index (χ2v) is 7.15. The predicted octanol–water partition coefficient (Wildman–Crippen LogP) is 3.29. The van der Waals surface area contributed by atoms with Crippen LogP contribution in [-0.2, 0) is 11.3 Å². The molecule has 1 aromatic carbocycles. The van der Waals surface area contributed by atoms with E-state index in [1.807, 2.05) is 51.6 Å². The number of rotatable bonds is 4. The monoisotopic (exact) mass is 340 g/mol. The van der Waals surface area contributed by atoms with Crippen LogP contribution in [0.15, 0.2) is 42.0 Å². The van der Waals surface area contributed by atoms with Crippen LogP contribution >= 0.6 is 11.3 Å². The first-order chi connectivity index (χ1) is 11.8. The molecule has 6 heteroatoms. The molecule has 5 nitrogen and oxygen atoms in total. The van der Waals surface area contributed by atoms with E-state index in [0.717, 1.165) is 41.8 Å². The van der Waals surface area contributed by atoms with Crippen molar-refractivity contribution in [3.05, 3.63) is 47.0 Å². The van der Waals surface area contributed by atoms with Gasteiger partial charge in [0.25, 0.3) is 0 Å². The lowest BCUT2D eigenvalue weighted by molar-refractivity contribution is -0.132. The molecule has 4 rings (SSSR count). The third kappa shape index (κ3) is 3.06. The van der Waals surface area contributed by atoms with Gasteiger partial charge in [0.2, 0.25) is 5.91 Å². The lowest BCUT2D eigenvalue weighted by Gasteiger charge is -2.32. The average Bonchev–Trinajstić information content (AvgIpc) is 3.30. The fourth-order valence-electron chi connectivity index (χ4n) is 3.41. The highest BCUT2D eigenvalue weighted by Gasteiger charge is 2.26. The van der Waals surface area contributed by atoms with Crippen molar-refractivity contribution in [2.75, 3.05) is 13.1 Å². The number of likely N-dealkylation sites (tertiary alicyclic amines) is 1. The third-order valence-electron chi connectivity index (χ3n) is 4.66. The molecule has 0 aliphatic carbocycles. The van der Waals surface area contributed by atoms with E-state index in [-0.39, 0.29) is 5.91 Å². The van der Waals surface area contributed by atoms with Gasteiger partial charge in [0.15, 0.2) is 0 Å². The zero-order valence-electron chi connectivity index (χ0n) is 13.5. The van der Waals surface area contributed by atoms with Gasteiger partial charge in [-0.3, -0.25) is 9.48 Å². The minimum atomic E-state index is 0.218. The Morgan fingerprint density at radius 2 is 2.25 bits per heavy atom. The molecule has 24 heavy (non-hydrogen) atoms. The minimum Gasteiger partial charge on any atom is -0.342 e. The van der Waals surface area contributed by atoms with E-state index in [2.05, 4.69) is 10.1 Å². The summed E-state index contributed by atoms with van der Waals surface area (Å²) >= 11 is 1.69. The number of nitrogens with zero attached hydrogens (tertiary/aromatic N) is 4. The second-order valence-electron chi connectivity index (χ2n) is 6.23. The van der Waals surface area contributed by atoms with E-state index >= 15 is 0 Å². The lowest BCUT2D eigenvalue weighted by atomic mass is 9.98. The Bertz CT molecular complexity index is 827. The quantitative estimate of drug-likeness (QED) is 0.732. The standard InChI is InChI=1S/C18H20N4OS/c23-17(7-10-22-16-6-2-1-4-14(16)12-20-22)21-9-3-5-15(13-21)18-19-8-11-24-18/h1-2,4,6,8,11-12,15H,3,5,7,9-10,13H2/t15-/m1/s1. The molecule has 1 aliphatic rings. The van der Waals surface area contributed by atoms with Crippen molar-refractivity contribution in [3.63, 3.8) is 0 Å². The first-order valence-electron chi connectivity index (χ1n) is 8.39. The van der Waals surface area contributed by atoms with Gasteiger partial charge >= 0.3 is 0 Å². The number of piperidine rings is 1. The fraction of sp³-hybridized carbons (Fsp3) is 0.389. The number of hydrogen-bond donors (Lipinski definition) is 0. The average molecular weight is 340 g/mol. The number of carbonyl (C=O) groups excluding carboxylic acids is 1. The second kappa shape index (κ2) is 6.73. The van der Waals surface area contributed by atoms with Crippen molar-refractivity contribution in [1.29, 1.82) is 0 Å². The van der Waals surface area contributed by atoms with Gasteiger partial charge in [0.1, 0.15) is 0 Å². The number of para-hydroxylation sites is 1. The highest BCUT2D eigenvalue weighted by molar-refractivity contribution is 7.09. The maximum Gasteiger partial charge on any atom is 0.224 e. The smallest absolute Gasteiger partial charge is 0.224 e. The first kappa shape index (κ1) is 15.3. The molecule has 1 aliphatic heterocycles. The van der Waals surface area contributed by atoms with Crippen molar-refractivity contribution in [2.45, 2.75) is 31.7 Å². The Hall–Kier alpha value is -2.21. The van der Waals surface area contributed by atoms with Crippen LogP contribution in [-0.4, -0.2) is 38.7 Å². The molecule has 3 aromatic rings. The van der Waals surface area contributed by atoms with Gasteiger partial charge in [-0.05, 0) is 18.9 Å². The fourth-order valence-corrected chi connectivity index (χ4v) is 4.17. The van der Waals surface area contributed by atoms with Gasteiger partial charge < -0.3 is 4.90 Å². The van der Waals surface area contributed by atoms with Crippen LogP contribution in [0.3, 0.4) is 0 Å². The molecule has 0 N–H and O–H groups in total. The maximum atomic E-state index is 12.6. The zero-order chi connectivity index (χ0) is 16.4. The number of benzene rings is 1. The molecule has 0 spiro atoms. The van der Waals surface area contributed by atoms with Gasteiger partial charge in [0, 0.05) is 42.4 Å². The van der Waals surface area contributed by atoms with Gasteiger partial charge in [-0.2, -0.15) is 5.10 Å². The Morgan fingerprint density at radius 1 is 1.33 bits per heavy atom. The molecular formula is C18H20N4OS. The van der Waals surface area contributed by atoms with E-state index in [1.165, 1.54) is 0 Å². The van der Waals surface area contributed by atoms with Gasteiger partial charge in [-0.1, -0.05) is 18.2 Å². The minimum absolute atomic E-state index is 0.218. The van der Waals surface area contributed by atoms with Gasteiger partial charge in [-0.25, -0.2) is 4.98 Å². The number of aromatic nitrogens is 3. The zero-order valence-corrected chi connectivity index (χ0v) is 14.3. The van der Waals surface area contributed by atoms with Gasteiger partial charge in [0.05, 0.1) is 23.3 Å². The SMILES string of the molecule is O=C(CCn1ncc2ccccc21)N1CCC[C@@H](c2nccs2)C1. The topological polar surface area (TPSA) is 51.0 Å². The molecule has 0 radical (unpaired) electrons. The van der Waals surface area contributed by atoms with E-state index in [0.29, 0.717) is 18.9 Å². The Morgan fingerprint density at radius 3 is 3.12 bits per heavy atom. The first-order valence-corrected chi connectivity index (χ1v) is 9.27. The van der Waals surface area contributed by atoms with E-state index in [1.54, 1.807) is 11.3 Å². The lowest BCUT2D eigenvalue weighted by Crippen LogP contribution is -2.39.